The van der Waals surface area contributed by atoms with E-state index in [1.807, 2.05) is 12.1 Å². The van der Waals surface area contributed by atoms with E-state index in [-0.39, 0.29) is 11.5 Å². The molecule has 2 aromatic rings. The molecule has 0 bridgehead atoms. The Morgan fingerprint density at radius 3 is 2.58 bits per heavy atom. The molecule has 26 heavy (non-hydrogen) atoms. The van der Waals surface area contributed by atoms with Gasteiger partial charge in [0, 0.05) is 5.38 Å². The lowest BCUT2D eigenvalue weighted by Gasteiger charge is -2.23. The van der Waals surface area contributed by atoms with E-state index in [1.54, 1.807) is 6.07 Å². The minimum atomic E-state index is -0.361. The number of phenols is 1. The van der Waals surface area contributed by atoms with Crippen molar-refractivity contribution in [3.63, 3.8) is 0 Å². The molecular formula is C23H29ClO2. The van der Waals surface area contributed by atoms with Gasteiger partial charge in [0.05, 0.1) is 6.10 Å². The Bertz CT molecular complexity index is 698. The Kier molecular flexibility index (Phi) is 6.61. The first-order valence-electron chi connectivity index (χ1n) is 9.78. The third-order valence-corrected chi connectivity index (χ3v) is 6.27. The van der Waals surface area contributed by atoms with Crippen molar-refractivity contribution in [1.29, 1.82) is 0 Å². The third-order valence-electron chi connectivity index (χ3n) is 5.72. The highest BCUT2D eigenvalue weighted by atomic mass is 35.5. The molecule has 1 fully saturated rings. The second kappa shape index (κ2) is 8.92. The summed E-state index contributed by atoms with van der Waals surface area (Å²) < 4.78 is 0. The Labute approximate surface area is 161 Å². The van der Waals surface area contributed by atoms with Gasteiger partial charge in [0.25, 0.3) is 0 Å². The van der Waals surface area contributed by atoms with E-state index in [1.165, 1.54) is 5.56 Å². The zero-order chi connectivity index (χ0) is 18.5. The van der Waals surface area contributed by atoms with Crippen molar-refractivity contribution in [2.45, 2.75) is 62.8 Å². The van der Waals surface area contributed by atoms with Crippen molar-refractivity contribution < 1.29 is 10.2 Å². The molecule has 0 heterocycles. The number of benzene rings is 2. The van der Waals surface area contributed by atoms with E-state index in [9.17, 15) is 10.2 Å². The molecule has 1 aliphatic rings. The quantitative estimate of drug-likeness (QED) is 0.588. The van der Waals surface area contributed by atoms with Crippen molar-refractivity contribution in [3.8, 4) is 5.75 Å². The number of hydrogen-bond donors (Lipinski definition) is 2. The zero-order valence-electron chi connectivity index (χ0n) is 15.4. The van der Waals surface area contributed by atoms with Gasteiger partial charge in [-0.2, -0.15) is 0 Å². The van der Waals surface area contributed by atoms with Crippen molar-refractivity contribution >= 4 is 11.6 Å². The predicted octanol–water partition coefficient (Wildman–Crippen LogP) is 5.96. The molecular weight excluding hydrogens is 344 g/mol. The number of aliphatic hydroxyl groups excluding tert-OH is 1. The van der Waals surface area contributed by atoms with Crippen LogP contribution in [0.4, 0.5) is 0 Å². The lowest BCUT2D eigenvalue weighted by atomic mass is 9.84. The average Bonchev–Trinajstić information content (AvgIpc) is 3.01. The molecule has 3 rings (SSSR count). The number of rotatable bonds is 7. The fourth-order valence-electron chi connectivity index (χ4n) is 4.27. The van der Waals surface area contributed by atoms with Crippen molar-refractivity contribution in [3.05, 3.63) is 65.2 Å². The van der Waals surface area contributed by atoms with Gasteiger partial charge in [0.15, 0.2) is 0 Å². The summed E-state index contributed by atoms with van der Waals surface area (Å²) in [4.78, 5) is 0. The van der Waals surface area contributed by atoms with Crippen LogP contribution in [0.3, 0.4) is 0 Å². The van der Waals surface area contributed by atoms with Gasteiger partial charge in [-0.3, -0.25) is 0 Å². The van der Waals surface area contributed by atoms with Crippen LogP contribution in [0.15, 0.2) is 48.5 Å². The number of hydrogen-bond acceptors (Lipinski definition) is 2. The molecule has 0 aliphatic heterocycles. The number of aromatic hydroxyl groups is 1. The fourth-order valence-corrected chi connectivity index (χ4v) is 4.69. The largest absolute Gasteiger partial charge is 0.508 e. The Morgan fingerprint density at radius 1 is 1.12 bits per heavy atom. The summed E-state index contributed by atoms with van der Waals surface area (Å²) in [5.41, 5.74) is 3.51. The molecule has 140 valence electrons. The standard InChI is InChI=1S/C23H29ClO2/c1-2-4-23(26)18-10-8-17(9-11-18)20-13-14-22(24)21(20)12-7-16-5-3-6-19(25)15-16/h3,5-6,8-11,15,20-23,25-26H,2,4,7,12-14H2,1H3. The number of alkyl halides is 1. The highest BCUT2D eigenvalue weighted by Gasteiger charge is 2.35. The minimum absolute atomic E-state index is 0.211. The maximum Gasteiger partial charge on any atom is 0.115 e. The number of aryl methyl sites for hydroxylation is 1. The Hall–Kier alpha value is -1.51. The van der Waals surface area contributed by atoms with Gasteiger partial charge in [0.2, 0.25) is 0 Å². The monoisotopic (exact) mass is 372 g/mol. The van der Waals surface area contributed by atoms with E-state index in [0.29, 0.717) is 17.6 Å². The smallest absolute Gasteiger partial charge is 0.115 e. The molecule has 1 aliphatic carbocycles. The molecule has 0 spiro atoms. The Balaban J connectivity index is 1.68. The van der Waals surface area contributed by atoms with E-state index in [2.05, 4.69) is 37.3 Å². The molecule has 1 saturated carbocycles. The summed E-state index contributed by atoms with van der Waals surface area (Å²) in [7, 11) is 0. The predicted molar refractivity (Wildman–Crippen MR) is 108 cm³/mol. The van der Waals surface area contributed by atoms with Gasteiger partial charge in [0.1, 0.15) is 5.75 Å². The number of aliphatic hydroxyl groups is 1. The van der Waals surface area contributed by atoms with Gasteiger partial charge in [-0.1, -0.05) is 49.7 Å². The van der Waals surface area contributed by atoms with Crippen molar-refractivity contribution in [2.75, 3.05) is 0 Å². The SMILES string of the molecule is CCCC(O)c1ccc(C2CCC(Cl)C2CCc2cccc(O)c2)cc1. The van der Waals surface area contributed by atoms with Crippen LogP contribution in [-0.4, -0.2) is 15.6 Å². The average molecular weight is 373 g/mol. The molecule has 2 nitrogen and oxygen atoms in total. The topological polar surface area (TPSA) is 40.5 Å². The minimum Gasteiger partial charge on any atom is -0.508 e. The highest BCUT2D eigenvalue weighted by molar-refractivity contribution is 6.21. The lowest BCUT2D eigenvalue weighted by Crippen LogP contribution is -2.15. The Morgan fingerprint density at radius 2 is 1.88 bits per heavy atom. The molecule has 4 atom stereocenters. The first-order chi connectivity index (χ1) is 12.6. The molecule has 0 aromatic heterocycles. The number of halogens is 1. The molecule has 4 unspecified atom stereocenters. The van der Waals surface area contributed by atoms with E-state index < -0.39 is 0 Å². The van der Waals surface area contributed by atoms with Crippen LogP contribution in [0.5, 0.6) is 5.75 Å². The van der Waals surface area contributed by atoms with E-state index in [4.69, 9.17) is 11.6 Å². The second-order valence-corrected chi connectivity index (χ2v) is 8.10. The molecule has 2 aromatic carbocycles. The maximum absolute atomic E-state index is 10.2. The molecule has 2 N–H and O–H groups in total. The van der Waals surface area contributed by atoms with Crippen LogP contribution in [0.1, 0.15) is 67.7 Å². The van der Waals surface area contributed by atoms with E-state index >= 15 is 0 Å². The number of phenolic OH excluding ortho intramolecular Hbond substituents is 1. The highest BCUT2D eigenvalue weighted by Crippen LogP contribution is 2.45. The van der Waals surface area contributed by atoms with Gasteiger partial charge >= 0.3 is 0 Å². The van der Waals surface area contributed by atoms with Crippen molar-refractivity contribution in [1.82, 2.24) is 0 Å². The van der Waals surface area contributed by atoms with Crippen molar-refractivity contribution in [2.24, 2.45) is 5.92 Å². The summed E-state index contributed by atoms with van der Waals surface area (Å²) >= 11 is 6.65. The molecule has 3 heteroatoms. The van der Waals surface area contributed by atoms with E-state index in [0.717, 1.165) is 49.7 Å². The fraction of sp³-hybridized carbons (Fsp3) is 0.478. The van der Waals surface area contributed by atoms with Gasteiger partial charge in [-0.15, -0.1) is 11.6 Å². The van der Waals surface area contributed by atoms with Gasteiger partial charge in [-0.25, -0.2) is 0 Å². The third kappa shape index (κ3) is 4.61. The summed E-state index contributed by atoms with van der Waals surface area (Å²) in [6.07, 6.45) is 5.57. The maximum atomic E-state index is 10.2. The van der Waals surface area contributed by atoms with Crippen LogP contribution in [0.25, 0.3) is 0 Å². The lowest BCUT2D eigenvalue weighted by molar-refractivity contribution is 0.166. The van der Waals surface area contributed by atoms with Crippen LogP contribution in [0, 0.1) is 5.92 Å². The van der Waals surface area contributed by atoms with Crippen LogP contribution in [-0.2, 0) is 6.42 Å². The van der Waals surface area contributed by atoms with Crippen LogP contribution in [0.2, 0.25) is 0 Å². The second-order valence-electron chi connectivity index (χ2n) is 7.54. The zero-order valence-corrected chi connectivity index (χ0v) is 16.2. The first kappa shape index (κ1) is 19.3. The first-order valence-corrected chi connectivity index (χ1v) is 10.2. The molecule has 0 amide bonds. The summed E-state index contributed by atoms with van der Waals surface area (Å²) in [6.45, 7) is 2.09. The van der Waals surface area contributed by atoms with Crippen LogP contribution < -0.4 is 0 Å². The molecule has 0 radical (unpaired) electrons. The molecule has 0 saturated heterocycles. The summed E-state index contributed by atoms with van der Waals surface area (Å²) in [5, 5.41) is 20.0. The van der Waals surface area contributed by atoms with Gasteiger partial charge in [-0.05, 0) is 72.8 Å². The summed E-state index contributed by atoms with van der Waals surface area (Å²) in [6, 6.07) is 16.0. The van der Waals surface area contributed by atoms with Crippen LogP contribution >= 0.6 is 11.6 Å². The summed E-state index contributed by atoms with van der Waals surface area (Å²) in [5.74, 6) is 1.26. The van der Waals surface area contributed by atoms with Gasteiger partial charge < -0.3 is 10.2 Å². The normalized spacial score (nSPS) is 23.9.